The largest absolute Gasteiger partial charge is 0.484 e. The fourth-order valence-electron chi connectivity index (χ4n) is 1.82. The number of nitrogens with one attached hydrogen (secondary N) is 2. The molecule has 2 aromatic rings. The van der Waals surface area contributed by atoms with Crippen LogP contribution in [0.25, 0.3) is 0 Å². The zero-order valence-electron chi connectivity index (χ0n) is 13.8. The lowest BCUT2D eigenvalue weighted by Crippen LogP contribution is -2.45. The van der Waals surface area contributed by atoms with Crippen molar-refractivity contribution >= 4 is 46.7 Å². The van der Waals surface area contributed by atoms with Crippen LogP contribution < -0.4 is 21.3 Å². The van der Waals surface area contributed by atoms with Crippen LogP contribution in [0.15, 0.2) is 42.5 Å². The second-order valence-electron chi connectivity index (χ2n) is 5.15. The Morgan fingerprint density at radius 2 is 1.48 bits per heavy atom. The average Bonchev–Trinajstić information content (AvgIpc) is 2.64. The third kappa shape index (κ3) is 6.69. The predicted molar refractivity (Wildman–Crippen MR) is 99.4 cm³/mol. The first-order valence-corrected chi connectivity index (χ1v) is 8.29. The van der Waals surface area contributed by atoms with Crippen LogP contribution in [-0.4, -0.2) is 31.0 Å². The number of anilines is 1. The number of carbonyl (C=O) groups excluding carboxylic acids is 3. The predicted octanol–water partition coefficient (Wildman–Crippen LogP) is 1.96. The summed E-state index contributed by atoms with van der Waals surface area (Å²) in [6.45, 7) is -0.942. The fraction of sp³-hybridized carbons (Fsp3) is 0.118. The summed E-state index contributed by atoms with van der Waals surface area (Å²) in [5.74, 6) is -1.70. The lowest BCUT2D eigenvalue weighted by atomic mass is 10.2. The Labute approximate surface area is 164 Å². The maximum absolute atomic E-state index is 11.9. The topological polar surface area (TPSA) is 120 Å². The molecule has 0 unspecified atom stereocenters. The van der Waals surface area contributed by atoms with Gasteiger partial charge >= 0.3 is 5.97 Å². The van der Waals surface area contributed by atoms with Gasteiger partial charge in [0.2, 0.25) is 0 Å². The van der Waals surface area contributed by atoms with E-state index < -0.39 is 24.4 Å². The van der Waals surface area contributed by atoms with Gasteiger partial charge in [-0.3, -0.25) is 20.4 Å². The molecule has 0 bridgehead atoms. The van der Waals surface area contributed by atoms with E-state index in [-0.39, 0.29) is 17.9 Å². The number of nitrogens with two attached hydrogens (primary N) is 1. The number of hydrogen-bond acceptors (Lipinski definition) is 6. The Balaban J connectivity index is 1.70. The van der Waals surface area contributed by atoms with Gasteiger partial charge in [0.25, 0.3) is 11.8 Å². The molecule has 0 aromatic heterocycles. The van der Waals surface area contributed by atoms with Crippen molar-refractivity contribution in [3.63, 3.8) is 0 Å². The molecule has 2 aromatic carbocycles. The molecule has 0 atom stereocenters. The molecule has 142 valence electrons. The minimum absolute atomic E-state index is 0.0765. The normalized spacial score (nSPS) is 10.0. The molecule has 0 fully saturated rings. The van der Waals surface area contributed by atoms with E-state index in [0.717, 1.165) is 0 Å². The quantitative estimate of drug-likeness (QED) is 0.379. The Kier molecular flexibility index (Phi) is 7.27. The Morgan fingerprint density at radius 1 is 0.889 bits per heavy atom. The van der Waals surface area contributed by atoms with E-state index in [9.17, 15) is 14.4 Å². The van der Waals surface area contributed by atoms with Crippen LogP contribution in [0.2, 0.25) is 10.0 Å². The first-order valence-electron chi connectivity index (χ1n) is 7.53. The van der Waals surface area contributed by atoms with E-state index in [1.807, 2.05) is 0 Å². The maximum atomic E-state index is 11.9. The van der Waals surface area contributed by atoms with Crippen molar-refractivity contribution in [1.29, 1.82) is 0 Å². The smallest absolute Gasteiger partial charge is 0.340 e. The summed E-state index contributed by atoms with van der Waals surface area (Å²) in [5.41, 5.74) is 10.1. The number of halogens is 2. The molecule has 4 N–H and O–H groups in total. The Bertz CT molecular complexity index is 843. The van der Waals surface area contributed by atoms with Gasteiger partial charge in [-0.05, 0) is 42.5 Å². The van der Waals surface area contributed by atoms with Gasteiger partial charge in [0, 0.05) is 15.7 Å². The number of ether oxygens (including phenoxy) is 2. The summed E-state index contributed by atoms with van der Waals surface area (Å²) in [6.07, 6.45) is 0. The fourth-order valence-corrected chi connectivity index (χ4v) is 2.13. The summed E-state index contributed by atoms with van der Waals surface area (Å²) in [7, 11) is 0. The van der Waals surface area contributed by atoms with E-state index in [1.54, 1.807) is 24.3 Å². The highest BCUT2D eigenvalue weighted by atomic mass is 35.5. The molecule has 10 heteroatoms. The summed E-state index contributed by atoms with van der Waals surface area (Å²) < 4.78 is 10.0. The molecule has 0 saturated heterocycles. The van der Waals surface area contributed by atoms with E-state index in [2.05, 4.69) is 10.9 Å². The summed E-state index contributed by atoms with van der Waals surface area (Å²) in [4.78, 5) is 35.1. The molecule has 0 aliphatic heterocycles. The van der Waals surface area contributed by atoms with Crippen molar-refractivity contribution < 1.29 is 23.9 Å². The van der Waals surface area contributed by atoms with Crippen LogP contribution in [0.3, 0.4) is 0 Å². The Hall–Kier alpha value is -2.97. The first-order chi connectivity index (χ1) is 12.8. The second-order valence-corrected chi connectivity index (χ2v) is 6.02. The van der Waals surface area contributed by atoms with Crippen molar-refractivity contribution in [2.24, 2.45) is 0 Å². The molecule has 2 rings (SSSR count). The third-order valence-corrected chi connectivity index (χ3v) is 3.58. The van der Waals surface area contributed by atoms with Gasteiger partial charge < -0.3 is 15.2 Å². The number of carbonyl (C=O) groups is 3. The van der Waals surface area contributed by atoms with Crippen LogP contribution in [0, 0.1) is 0 Å². The van der Waals surface area contributed by atoms with Crippen molar-refractivity contribution in [1.82, 2.24) is 10.9 Å². The monoisotopic (exact) mass is 411 g/mol. The van der Waals surface area contributed by atoms with Crippen LogP contribution >= 0.6 is 23.2 Å². The van der Waals surface area contributed by atoms with Crippen molar-refractivity contribution in [3.05, 3.63) is 58.1 Å². The van der Waals surface area contributed by atoms with Crippen molar-refractivity contribution in [3.8, 4) is 5.75 Å². The van der Waals surface area contributed by atoms with E-state index in [0.29, 0.717) is 15.8 Å². The van der Waals surface area contributed by atoms with E-state index >= 15 is 0 Å². The van der Waals surface area contributed by atoms with Gasteiger partial charge in [0.15, 0.2) is 13.2 Å². The standard InChI is InChI=1S/C17H15Cl2N3O5/c18-10-1-4-12(5-2-10)26-8-15(23)21-22-16(24)9-27-17(25)13-6-3-11(19)7-14(13)20/h1-7H,8-9,20H2,(H,21,23)(H,22,24). The van der Waals surface area contributed by atoms with Gasteiger partial charge in [0.1, 0.15) is 5.75 Å². The number of hydrazine groups is 1. The summed E-state index contributed by atoms with van der Waals surface area (Å²) in [5, 5.41) is 0.902. The highest BCUT2D eigenvalue weighted by molar-refractivity contribution is 6.31. The van der Waals surface area contributed by atoms with E-state index in [1.165, 1.54) is 18.2 Å². The average molecular weight is 412 g/mol. The highest BCUT2D eigenvalue weighted by Gasteiger charge is 2.14. The number of nitrogen functional groups attached to an aromatic ring is 1. The summed E-state index contributed by atoms with van der Waals surface area (Å²) >= 11 is 11.5. The number of hydrogen-bond donors (Lipinski definition) is 3. The van der Waals surface area contributed by atoms with Gasteiger partial charge in [-0.25, -0.2) is 4.79 Å². The molecular formula is C17H15Cl2N3O5. The molecular weight excluding hydrogens is 397 g/mol. The van der Waals surface area contributed by atoms with Gasteiger partial charge in [-0.1, -0.05) is 23.2 Å². The molecule has 2 amide bonds. The zero-order chi connectivity index (χ0) is 19.8. The molecule has 0 aliphatic carbocycles. The second kappa shape index (κ2) is 9.65. The first kappa shape index (κ1) is 20.3. The Morgan fingerprint density at radius 3 is 2.11 bits per heavy atom. The van der Waals surface area contributed by atoms with Crippen LogP contribution in [0.4, 0.5) is 5.69 Å². The van der Waals surface area contributed by atoms with Crippen LogP contribution in [0.5, 0.6) is 5.75 Å². The lowest BCUT2D eigenvalue weighted by Gasteiger charge is -2.10. The molecule has 0 heterocycles. The minimum atomic E-state index is -0.795. The molecule has 0 spiro atoms. The third-order valence-electron chi connectivity index (χ3n) is 3.09. The van der Waals surface area contributed by atoms with Crippen molar-refractivity contribution in [2.75, 3.05) is 18.9 Å². The highest BCUT2D eigenvalue weighted by Crippen LogP contribution is 2.18. The molecule has 27 heavy (non-hydrogen) atoms. The number of benzene rings is 2. The van der Waals surface area contributed by atoms with Gasteiger partial charge in [-0.2, -0.15) is 0 Å². The van der Waals surface area contributed by atoms with Gasteiger partial charge in [-0.15, -0.1) is 0 Å². The number of amides is 2. The lowest BCUT2D eigenvalue weighted by molar-refractivity contribution is -0.131. The maximum Gasteiger partial charge on any atom is 0.340 e. The van der Waals surface area contributed by atoms with Crippen LogP contribution in [0.1, 0.15) is 10.4 Å². The zero-order valence-corrected chi connectivity index (χ0v) is 15.3. The molecule has 0 saturated carbocycles. The van der Waals surface area contributed by atoms with Gasteiger partial charge in [0.05, 0.1) is 5.56 Å². The van der Waals surface area contributed by atoms with Crippen LogP contribution in [-0.2, 0) is 14.3 Å². The molecule has 0 radical (unpaired) electrons. The number of esters is 1. The summed E-state index contributed by atoms with van der Waals surface area (Å²) in [6, 6.07) is 10.6. The molecule has 8 nitrogen and oxygen atoms in total. The number of rotatable bonds is 6. The minimum Gasteiger partial charge on any atom is -0.484 e. The molecule has 0 aliphatic rings. The van der Waals surface area contributed by atoms with Crippen molar-refractivity contribution in [2.45, 2.75) is 0 Å². The van der Waals surface area contributed by atoms with E-state index in [4.69, 9.17) is 38.4 Å². The SMILES string of the molecule is Nc1cc(Cl)ccc1C(=O)OCC(=O)NNC(=O)COc1ccc(Cl)cc1.